The van der Waals surface area contributed by atoms with Crippen LogP contribution in [0.3, 0.4) is 0 Å². The monoisotopic (exact) mass is 307 g/mol. The van der Waals surface area contributed by atoms with Crippen molar-refractivity contribution >= 4 is 23.5 Å². The molecule has 1 aliphatic rings. The zero-order valence-corrected chi connectivity index (χ0v) is 11.4. The topological polar surface area (TPSA) is 114 Å². The number of benzene rings is 1. The SMILES string of the molecule is O=C(Nc1n[nH]c(-c2ccc(Cl)cc2)n1)[C@@H]1C[C@@H]1[N+](=O)[O-]. The fourth-order valence-electron chi connectivity index (χ4n) is 1.95. The number of hydrogen-bond acceptors (Lipinski definition) is 5. The zero-order chi connectivity index (χ0) is 15.0. The van der Waals surface area contributed by atoms with Gasteiger partial charge in [-0.25, -0.2) is 0 Å². The second-order valence-corrected chi connectivity index (χ2v) is 5.14. The smallest absolute Gasteiger partial charge is 0.249 e. The average Bonchev–Trinajstić information content (AvgIpc) is 3.14. The quantitative estimate of drug-likeness (QED) is 0.659. The highest BCUT2D eigenvalue weighted by molar-refractivity contribution is 6.30. The number of aromatic nitrogens is 3. The summed E-state index contributed by atoms with van der Waals surface area (Å²) in [5, 5.41) is 20.1. The van der Waals surface area contributed by atoms with Crippen LogP contribution >= 0.6 is 11.6 Å². The lowest BCUT2D eigenvalue weighted by Gasteiger charge is -1.97. The molecule has 0 saturated heterocycles. The Morgan fingerprint density at radius 1 is 1.43 bits per heavy atom. The maximum absolute atomic E-state index is 11.8. The van der Waals surface area contributed by atoms with E-state index in [1.54, 1.807) is 24.3 Å². The van der Waals surface area contributed by atoms with Crippen LogP contribution in [0, 0.1) is 16.0 Å². The molecule has 0 bridgehead atoms. The van der Waals surface area contributed by atoms with Gasteiger partial charge in [-0.2, -0.15) is 4.98 Å². The van der Waals surface area contributed by atoms with E-state index in [-0.39, 0.29) is 12.4 Å². The van der Waals surface area contributed by atoms with E-state index in [0.29, 0.717) is 10.8 Å². The van der Waals surface area contributed by atoms with Crippen molar-refractivity contribution in [3.05, 3.63) is 39.4 Å². The van der Waals surface area contributed by atoms with Crippen molar-refractivity contribution in [3.63, 3.8) is 0 Å². The maximum atomic E-state index is 11.8. The average molecular weight is 308 g/mol. The summed E-state index contributed by atoms with van der Waals surface area (Å²) in [5.74, 6) is -0.460. The molecule has 1 saturated carbocycles. The summed E-state index contributed by atoms with van der Waals surface area (Å²) >= 11 is 5.80. The van der Waals surface area contributed by atoms with Crippen LogP contribution in [-0.4, -0.2) is 32.1 Å². The summed E-state index contributed by atoms with van der Waals surface area (Å²) in [6.45, 7) is 0. The van der Waals surface area contributed by atoms with Crippen molar-refractivity contribution in [2.75, 3.05) is 5.32 Å². The molecule has 8 nitrogen and oxygen atoms in total. The molecule has 1 heterocycles. The van der Waals surface area contributed by atoms with Crippen molar-refractivity contribution in [1.82, 2.24) is 15.2 Å². The normalized spacial score (nSPS) is 20.0. The first kappa shape index (κ1) is 13.5. The molecule has 2 atom stereocenters. The number of H-pyrrole nitrogens is 1. The number of nitro groups is 1. The van der Waals surface area contributed by atoms with Crippen LogP contribution in [0.2, 0.25) is 5.02 Å². The van der Waals surface area contributed by atoms with Gasteiger partial charge in [0.05, 0.1) is 0 Å². The minimum atomic E-state index is -0.792. The Balaban J connectivity index is 1.67. The number of nitrogens with zero attached hydrogens (tertiary/aromatic N) is 3. The van der Waals surface area contributed by atoms with E-state index in [9.17, 15) is 14.9 Å². The summed E-state index contributed by atoms with van der Waals surface area (Å²) in [5.41, 5.74) is 0.766. The largest absolute Gasteiger partial charge is 0.293 e. The summed E-state index contributed by atoms with van der Waals surface area (Å²) in [6.07, 6.45) is 0.257. The van der Waals surface area contributed by atoms with Crippen LogP contribution in [-0.2, 0) is 4.79 Å². The molecule has 1 amide bonds. The highest BCUT2D eigenvalue weighted by atomic mass is 35.5. The Bertz CT molecular complexity index is 699. The Kier molecular flexibility index (Phi) is 3.30. The van der Waals surface area contributed by atoms with Crippen molar-refractivity contribution in [2.24, 2.45) is 5.92 Å². The number of aromatic amines is 1. The van der Waals surface area contributed by atoms with Gasteiger partial charge in [-0.3, -0.25) is 25.3 Å². The van der Waals surface area contributed by atoms with Crippen LogP contribution in [0.25, 0.3) is 11.4 Å². The van der Waals surface area contributed by atoms with E-state index >= 15 is 0 Å². The number of carbonyl (C=O) groups excluding carboxylic acids is 1. The third-order valence-corrected chi connectivity index (χ3v) is 3.45. The molecular weight excluding hydrogens is 298 g/mol. The van der Waals surface area contributed by atoms with E-state index in [4.69, 9.17) is 11.6 Å². The maximum Gasteiger partial charge on any atom is 0.249 e. The molecule has 2 N–H and O–H groups in total. The van der Waals surface area contributed by atoms with Gasteiger partial charge >= 0.3 is 0 Å². The van der Waals surface area contributed by atoms with Gasteiger partial charge in [-0.15, -0.1) is 5.10 Å². The number of halogens is 1. The summed E-state index contributed by atoms with van der Waals surface area (Å²) in [7, 11) is 0. The number of rotatable bonds is 4. The van der Waals surface area contributed by atoms with Gasteiger partial charge in [-0.05, 0) is 24.3 Å². The Labute approximate surface area is 123 Å². The number of amides is 1. The Morgan fingerprint density at radius 3 is 2.76 bits per heavy atom. The zero-order valence-electron chi connectivity index (χ0n) is 10.6. The molecule has 21 heavy (non-hydrogen) atoms. The Hall–Kier alpha value is -2.48. The first-order valence-electron chi connectivity index (χ1n) is 6.17. The van der Waals surface area contributed by atoms with Gasteiger partial charge in [0, 0.05) is 21.9 Å². The van der Waals surface area contributed by atoms with Crippen LogP contribution < -0.4 is 5.32 Å². The third-order valence-electron chi connectivity index (χ3n) is 3.20. The third kappa shape index (κ3) is 2.84. The van der Waals surface area contributed by atoms with Crippen molar-refractivity contribution in [2.45, 2.75) is 12.5 Å². The van der Waals surface area contributed by atoms with Crippen LogP contribution in [0.15, 0.2) is 24.3 Å². The fourth-order valence-corrected chi connectivity index (χ4v) is 2.08. The highest BCUT2D eigenvalue weighted by Gasteiger charge is 2.53. The lowest BCUT2D eigenvalue weighted by atomic mass is 10.2. The van der Waals surface area contributed by atoms with Crippen LogP contribution in [0.1, 0.15) is 6.42 Å². The van der Waals surface area contributed by atoms with Crippen molar-refractivity contribution in [3.8, 4) is 11.4 Å². The molecule has 3 rings (SSSR count). The van der Waals surface area contributed by atoms with E-state index in [1.807, 2.05) is 0 Å². The number of nitrogens with one attached hydrogen (secondary N) is 2. The van der Waals surface area contributed by atoms with Gasteiger partial charge in [0.25, 0.3) is 0 Å². The first-order chi connectivity index (χ1) is 10.0. The highest BCUT2D eigenvalue weighted by Crippen LogP contribution is 2.33. The fraction of sp³-hybridized carbons (Fsp3) is 0.250. The minimum Gasteiger partial charge on any atom is -0.293 e. The number of hydrogen-bond donors (Lipinski definition) is 2. The van der Waals surface area contributed by atoms with Gasteiger partial charge < -0.3 is 0 Å². The predicted molar refractivity (Wildman–Crippen MR) is 74.3 cm³/mol. The molecule has 108 valence electrons. The number of anilines is 1. The van der Waals surface area contributed by atoms with Gasteiger partial charge in [0.15, 0.2) is 5.82 Å². The molecule has 0 radical (unpaired) electrons. The summed E-state index contributed by atoms with van der Waals surface area (Å²) in [6, 6.07) is 6.16. The lowest BCUT2D eigenvalue weighted by Crippen LogP contribution is -2.19. The van der Waals surface area contributed by atoms with E-state index in [2.05, 4.69) is 20.5 Å². The van der Waals surface area contributed by atoms with E-state index < -0.39 is 22.8 Å². The van der Waals surface area contributed by atoms with Crippen molar-refractivity contribution in [1.29, 1.82) is 0 Å². The molecule has 1 aromatic carbocycles. The Morgan fingerprint density at radius 2 is 2.14 bits per heavy atom. The predicted octanol–water partition coefficient (Wildman–Crippen LogP) is 1.73. The second kappa shape index (κ2) is 5.13. The molecule has 1 aliphatic carbocycles. The lowest BCUT2D eigenvalue weighted by molar-refractivity contribution is -0.497. The molecule has 2 aromatic rings. The number of carbonyl (C=O) groups is 1. The van der Waals surface area contributed by atoms with Crippen LogP contribution in [0.5, 0.6) is 0 Å². The standard InChI is InChI=1S/C12H10ClN5O3/c13-7-3-1-6(2-4-7)10-14-12(17-16-10)15-11(19)8-5-9(8)18(20)21/h1-4,8-9H,5H2,(H2,14,15,16,17,19)/t8-,9+/m1/s1. The van der Waals surface area contributed by atoms with Gasteiger partial charge in [0.2, 0.25) is 17.9 Å². The molecule has 0 unspecified atom stereocenters. The summed E-state index contributed by atoms with van der Waals surface area (Å²) in [4.78, 5) is 26.0. The van der Waals surface area contributed by atoms with E-state index in [1.165, 1.54) is 0 Å². The molecule has 0 aliphatic heterocycles. The summed E-state index contributed by atoms with van der Waals surface area (Å²) < 4.78 is 0. The molecule has 1 aromatic heterocycles. The molecule has 9 heteroatoms. The van der Waals surface area contributed by atoms with Gasteiger partial charge in [0.1, 0.15) is 5.92 Å². The second-order valence-electron chi connectivity index (χ2n) is 4.70. The van der Waals surface area contributed by atoms with Gasteiger partial charge in [-0.1, -0.05) is 11.6 Å². The molecule has 0 spiro atoms. The first-order valence-corrected chi connectivity index (χ1v) is 6.55. The molecule has 1 fully saturated rings. The van der Waals surface area contributed by atoms with Crippen LogP contribution in [0.4, 0.5) is 5.95 Å². The van der Waals surface area contributed by atoms with Crippen molar-refractivity contribution < 1.29 is 9.72 Å². The van der Waals surface area contributed by atoms with E-state index in [0.717, 1.165) is 5.56 Å². The minimum absolute atomic E-state index is 0.0962. The molecular formula is C12H10ClN5O3.